The third-order valence-electron chi connectivity index (χ3n) is 6.50. The summed E-state index contributed by atoms with van der Waals surface area (Å²) in [6, 6.07) is 9.00. The second kappa shape index (κ2) is 10.6. The fourth-order valence-corrected chi connectivity index (χ4v) is 4.58. The van der Waals surface area contributed by atoms with Crippen LogP contribution in [0.15, 0.2) is 36.4 Å². The van der Waals surface area contributed by atoms with Gasteiger partial charge in [-0.05, 0) is 75.1 Å². The lowest BCUT2D eigenvalue weighted by atomic mass is 9.77. The zero-order valence-electron chi connectivity index (χ0n) is 19.0. The van der Waals surface area contributed by atoms with Crippen LogP contribution in [-0.4, -0.2) is 12.7 Å². The number of halogens is 4. The van der Waals surface area contributed by atoms with Gasteiger partial charge >= 0.3 is 6.11 Å². The van der Waals surface area contributed by atoms with E-state index in [9.17, 15) is 17.6 Å². The zero-order valence-corrected chi connectivity index (χ0v) is 19.0. The number of benzene rings is 2. The number of hydrogen-bond acceptors (Lipinski definition) is 2. The van der Waals surface area contributed by atoms with Crippen molar-refractivity contribution < 1.29 is 27.0 Å². The molecule has 1 atom stereocenters. The minimum atomic E-state index is -3.72. The van der Waals surface area contributed by atoms with Gasteiger partial charge in [0.25, 0.3) is 0 Å². The standard InChI is InChI=1S/C26H32F4O2/c1-4-6-18-7-9-19(10-8-18)20-11-13-21(14-12-20)32-26(29,30)17(3)22-15-16-23(31-5-2)25(28)24(22)27/h11-19H,4-10H2,1-3H3. The van der Waals surface area contributed by atoms with Crippen LogP contribution in [0.5, 0.6) is 11.5 Å². The van der Waals surface area contributed by atoms with E-state index in [0.29, 0.717) is 5.92 Å². The summed E-state index contributed by atoms with van der Waals surface area (Å²) in [6.45, 7) is 5.09. The van der Waals surface area contributed by atoms with E-state index >= 15 is 0 Å². The minimum Gasteiger partial charge on any atom is -0.491 e. The van der Waals surface area contributed by atoms with Crippen molar-refractivity contribution in [3.8, 4) is 11.5 Å². The minimum absolute atomic E-state index is 0.00270. The molecular formula is C26H32F4O2. The van der Waals surface area contributed by atoms with Crippen LogP contribution in [0, 0.1) is 17.6 Å². The Balaban J connectivity index is 1.67. The van der Waals surface area contributed by atoms with Gasteiger partial charge < -0.3 is 9.47 Å². The topological polar surface area (TPSA) is 18.5 Å². The summed E-state index contributed by atoms with van der Waals surface area (Å²) in [5.41, 5.74) is 0.666. The molecule has 176 valence electrons. The van der Waals surface area contributed by atoms with Gasteiger partial charge in [0.05, 0.1) is 12.5 Å². The lowest BCUT2D eigenvalue weighted by molar-refractivity contribution is -0.191. The molecule has 2 aromatic carbocycles. The second-order valence-corrected chi connectivity index (χ2v) is 8.67. The molecule has 0 N–H and O–H groups in total. The Morgan fingerprint density at radius 3 is 2.19 bits per heavy atom. The highest BCUT2D eigenvalue weighted by atomic mass is 19.3. The molecule has 0 spiro atoms. The molecule has 6 heteroatoms. The zero-order chi connectivity index (χ0) is 23.3. The highest BCUT2D eigenvalue weighted by molar-refractivity contribution is 5.34. The number of hydrogen-bond donors (Lipinski definition) is 0. The summed E-state index contributed by atoms with van der Waals surface area (Å²) in [7, 11) is 0. The van der Waals surface area contributed by atoms with Crippen molar-refractivity contribution in [1.29, 1.82) is 0 Å². The first-order valence-electron chi connectivity index (χ1n) is 11.5. The third kappa shape index (κ3) is 5.57. The average molecular weight is 453 g/mol. The summed E-state index contributed by atoms with van der Waals surface area (Å²) in [5, 5.41) is 0. The Morgan fingerprint density at radius 2 is 1.59 bits per heavy atom. The Morgan fingerprint density at radius 1 is 0.938 bits per heavy atom. The number of ether oxygens (including phenoxy) is 2. The van der Waals surface area contributed by atoms with Crippen LogP contribution < -0.4 is 9.47 Å². The molecule has 2 aromatic rings. The van der Waals surface area contributed by atoms with Crippen molar-refractivity contribution in [2.45, 2.75) is 77.2 Å². The van der Waals surface area contributed by atoms with Gasteiger partial charge in [0.15, 0.2) is 11.6 Å². The van der Waals surface area contributed by atoms with Gasteiger partial charge in [-0.15, -0.1) is 0 Å². The van der Waals surface area contributed by atoms with Crippen molar-refractivity contribution in [2.24, 2.45) is 5.92 Å². The van der Waals surface area contributed by atoms with Crippen LogP contribution in [0.3, 0.4) is 0 Å². The molecule has 0 amide bonds. The van der Waals surface area contributed by atoms with Crippen molar-refractivity contribution in [3.63, 3.8) is 0 Å². The first-order chi connectivity index (χ1) is 15.3. The second-order valence-electron chi connectivity index (χ2n) is 8.67. The van der Waals surface area contributed by atoms with Gasteiger partial charge in [-0.25, -0.2) is 4.39 Å². The van der Waals surface area contributed by atoms with Gasteiger partial charge in [0.1, 0.15) is 5.75 Å². The van der Waals surface area contributed by atoms with E-state index in [1.165, 1.54) is 37.8 Å². The number of rotatable bonds is 9. The molecule has 1 fully saturated rings. The summed E-state index contributed by atoms with van der Waals surface area (Å²) < 4.78 is 68.0. The lowest BCUT2D eigenvalue weighted by Crippen LogP contribution is -2.32. The number of alkyl halides is 2. The Kier molecular flexibility index (Phi) is 8.07. The van der Waals surface area contributed by atoms with Crippen LogP contribution in [0.25, 0.3) is 0 Å². The maximum atomic E-state index is 14.8. The highest BCUT2D eigenvalue weighted by Gasteiger charge is 2.42. The predicted octanol–water partition coefficient (Wildman–Crippen LogP) is 8.21. The molecular weight excluding hydrogens is 420 g/mol. The molecule has 32 heavy (non-hydrogen) atoms. The summed E-state index contributed by atoms with van der Waals surface area (Å²) in [5.74, 6) is -3.38. The normalized spacial score (nSPS) is 20.1. The van der Waals surface area contributed by atoms with Crippen molar-refractivity contribution in [2.75, 3.05) is 6.61 Å². The van der Waals surface area contributed by atoms with E-state index < -0.39 is 29.2 Å². The van der Waals surface area contributed by atoms with E-state index in [0.717, 1.165) is 43.4 Å². The van der Waals surface area contributed by atoms with Crippen LogP contribution in [-0.2, 0) is 0 Å². The van der Waals surface area contributed by atoms with Crippen LogP contribution >= 0.6 is 0 Å². The maximum Gasteiger partial charge on any atom is 0.404 e. The van der Waals surface area contributed by atoms with Crippen molar-refractivity contribution in [3.05, 3.63) is 59.2 Å². The van der Waals surface area contributed by atoms with Crippen LogP contribution in [0.4, 0.5) is 17.6 Å². The molecule has 1 saturated carbocycles. The van der Waals surface area contributed by atoms with Crippen LogP contribution in [0.1, 0.15) is 82.3 Å². The maximum absolute atomic E-state index is 14.8. The SMILES string of the molecule is CCCC1CCC(c2ccc(OC(F)(F)C(C)c3ccc(OCC)c(F)c3F)cc2)CC1. The molecule has 3 rings (SSSR count). The van der Waals surface area contributed by atoms with E-state index in [1.807, 2.05) is 12.1 Å². The third-order valence-corrected chi connectivity index (χ3v) is 6.50. The van der Waals surface area contributed by atoms with Gasteiger partial charge in [-0.2, -0.15) is 13.2 Å². The predicted molar refractivity (Wildman–Crippen MR) is 118 cm³/mol. The Labute approximate surface area is 187 Å². The van der Waals surface area contributed by atoms with E-state index in [2.05, 4.69) is 6.92 Å². The molecule has 2 nitrogen and oxygen atoms in total. The van der Waals surface area contributed by atoms with Crippen LogP contribution in [0.2, 0.25) is 0 Å². The molecule has 1 unspecified atom stereocenters. The molecule has 1 aliphatic carbocycles. The molecule has 0 bridgehead atoms. The lowest BCUT2D eigenvalue weighted by Gasteiger charge is -2.29. The quantitative estimate of drug-likeness (QED) is 0.357. The smallest absolute Gasteiger partial charge is 0.404 e. The molecule has 1 aliphatic rings. The molecule has 0 aliphatic heterocycles. The molecule has 0 radical (unpaired) electrons. The fourth-order valence-electron chi connectivity index (χ4n) is 4.58. The first kappa shape index (κ1) is 24.4. The summed E-state index contributed by atoms with van der Waals surface area (Å²) >= 11 is 0. The Bertz CT molecular complexity index is 874. The average Bonchev–Trinajstić information content (AvgIpc) is 2.78. The highest BCUT2D eigenvalue weighted by Crippen LogP contribution is 2.40. The summed E-state index contributed by atoms with van der Waals surface area (Å²) in [4.78, 5) is 0. The van der Waals surface area contributed by atoms with E-state index in [4.69, 9.17) is 9.47 Å². The molecule has 0 saturated heterocycles. The van der Waals surface area contributed by atoms with Crippen molar-refractivity contribution in [1.82, 2.24) is 0 Å². The van der Waals surface area contributed by atoms with Crippen molar-refractivity contribution >= 4 is 0 Å². The molecule has 0 heterocycles. The summed E-state index contributed by atoms with van der Waals surface area (Å²) in [6.07, 6.45) is 3.39. The molecule has 0 aromatic heterocycles. The van der Waals surface area contributed by atoms with E-state index in [1.54, 1.807) is 6.92 Å². The van der Waals surface area contributed by atoms with Gasteiger partial charge in [-0.3, -0.25) is 0 Å². The van der Waals surface area contributed by atoms with Gasteiger partial charge in [0.2, 0.25) is 5.82 Å². The Hall–Kier alpha value is -2.24. The first-order valence-corrected chi connectivity index (χ1v) is 11.5. The van der Waals surface area contributed by atoms with Gasteiger partial charge in [-0.1, -0.05) is 38.0 Å². The monoisotopic (exact) mass is 452 g/mol. The fraction of sp³-hybridized carbons (Fsp3) is 0.538. The van der Waals surface area contributed by atoms with E-state index in [-0.39, 0.29) is 18.1 Å². The van der Waals surface area contributed by atoms with Gasteiger partial charge in [0, 0.05) is 5.56 Å². The largest absolute Gasteiger partial charge is 0.491 e.